The number of carbonyl (C=O) groups is 1. The summed E-state index contributed by atoms with van der Waals surface area (Å²) in [6, 6.07) is 0.287. The molecule has 1 heterocycles. The Kier molecular flexibility index (Phi) is 5.32. The molecule has 0 aliphatic heterocycles. The molecule has 0 fully saturated rings. The molecular weight excluding hydrogens is 284 g/mol. The Morgan fingerprint density at radius 3 is 2.24 bits per heavy atom. The highest BCUT2D eigenvalue weighted by atomic mass is 79.9. The molecular formula is C11H21BrN4O. The van der Waals surface area contributed by atoms with Crippen LogP contribution < -0.4 is 26.7 Å². The summed E-state index contributed by atoms with van der Waals surface area (Å²) in [7, 11) is 0. The van der Waals surface area contributed by atoms with Crippen LogP contribution in [0, 0.1) is 0 Å². The van der Waals surface area contributed by atoms with E-state index in [1.165, 1.54) is 0 Å². The maximum atomic E-state index is 11.6. The van der Waals surface area contributed by atoms with Crippen molar-refractivity contribution in [2.45, 2.75) is 53.1 Å². The minimum atomic E-state index is -0.263. The molecule has 0 unspecified atom stereocenters. The van der Waals surface area contributed by atoms with Crippen LogP contribution in [0.1, 0.15) is 47.6 Å². The first-order chi connectivity index (χ1) is 7.23. The molecule has 0 aliphatic carbocycles. The Balaban J connectivity index is 0.00000256. The fourth-order valence-electron chi connectivity index (χ4n) is 1.64. The minimum absolute atomic E-state index is 0. The highest BCUT2D eigenvalue weighted by Crippen LogP contribution is 2.11. The van der Waals surface area contributed by atoms with E-state index in [9.17, 15) is 4.79 Å². The molecule has 0 N–H and O–H groups in total. The van der Waals surface area contributed by atoms with E-state index in [0.29, 0.717) is 0 Å². The van der Waals surface area contributed by atoms with Crippen molar-refractivity contribution in [3.8, 4) is 0 Å². The van der Waals surface area contributed by atoms with Crippen molar-refractivity contribution in [2.24, 2.45) is 0 Å². The fourth-order valence-corrected chi connectivity index (χ4v) is 1.64. The van der Waals surface area contributed by atoms with E-state index in [1.54, 1.807) is 22.9 Å². The van der Waals surface area contributed by atoms with Gasteiger partial charge >= 0.3 is 0 Å². The molecule has 0 atom stereocenters. The van der Waals surface area contributed by atoms with Crippen LogP contribution in [0.2, 0.25) is 0 Å². The quantitative estimate of drug-likeness (QED) is 0.596. The largest absolute Gasteiger partial charge is 1.00 e. The Hall–Kier alpha value is -0.910. The van der Waals surface area contributed by atoms with Gasteiger partial charge in [-0.3, -0.25) is 4.79 Å². The number of aromatic nitrogens is 3. The summed E-state index contributed by atoms with van der Waals surface area (Å²) >= 11 is 0. The van der Waals surface area contributed by atoms with Gasteiger partial charge in [-0.05, 0) is 39.7 Å². The summed E-state index contributed by atoms with van der Waals surface area (Å²) in [5.41, 5.74) is -0.263. The summed E-state index contributed by atoms with van der Waals surface area (Å²) < 4.78 is 3.56. The molecule has 0 bridgehead atoms. The van der Waals surface area contributed by atoms with Crippen LogP contribution in [0.25, 0.3) is 0 Å². The third-order valence-electron chi connectivity index (χ3n) is 2.23. The predicted octanol–water partition coefficient (Wildman–Crippen LogP) is -1.96. The van der Waals surface area contributed by atoms with Crippen molar-refractivity contribution in [3.63, 3.8) is 0 Å². The summed E-state index contributed by atoms with van der Waals surface area (Å²) in [6.07, 6.45) is 3.49. The van der Waals surface area contributed by atoms with Crippen LogP contribution in [-0.4, -0.2) is 21.2 Å². The first-order valence-corrected chi connectivity index (χ1v) is 5.50. The zero-order chi connectivity index (χ0) is 12.5. The molecule has 0 radical (unpaired) electrons. The highest BCUT2D eigenvalue weighted by molar-refractivity contribution is 5.84. The van der Waals surface area contributed by atoms with E-state index < -0.39 is 0 Å². The Morgan fingerprint density at radius 2 is 1.94 bits per heavy atom. The molecule has 0 spiro atoms. The zero-order valence-electron chi connectivity index (χ0n) is 11.3. The van der Waals surface area contributed by atoms with Crippen molar-refractivity contribution < 1.29 is 26.5 Å². The van der Waals surface area contributed by atoms with Crippen LogP contribution in [0.4, 0.5) is 0 Å². The van der Waals surface area contributed by atoms with Gasteiger partial charge in [-0.15, -0.1) is 9.36 Å². The number of hydrogen-bond acceptors (Lipinski definition) is 2. The molecule has 1 aromatic heterocycles. The molecule has 0 saturated heterocycles. The highest BCUT2D eigenvalue weighted by Gasteiger charge is 2.30. The second-order valence-electron chi connectivity index (χ2n) is 5.20. The van der Waals surface area contributed by atoms with E-state index in [1.807, 2.05) is 45.6 Å². The standard InChI is InChI=1S/C11H21N4O.BrH/c1-9(2)14-8-13(7-12-14)15(10(3)16)11(4,5)6;/h7-9H,1-6H3;1H/q+1;/p-1. The van der Waals surface area contributed by atoms with Gasteiger partial charge in [-0.1, -0.05) is 0 Å². The van der Waals surface area contributed by atoms with Crippen molar-refractivity contribution in [1.82, 2.24) is 9.77 Å². The summed E-state index contributed by atoms with van der Waals surface area (Å²) in [6.45, 7) is 11.6. The maximum absolute atomic E-state index is 11.6. The van der Waals surface area contributed by atoms with Gasteiger partial charge in [0.05, 0.1) is 5.54 Å². The molecule has 5 nitrogen and oxygen atoms in total. The summed E-state index contributed by atoms with van der Waals surface area (Å²) in [5, 5.41) is 5.90. The first kappa shape index (κ1) is 16.1. The van der Waals surface area contributed by atoms with Crippen LogP contribution in [0.3, 0.4) is 0 Å². The third kappa shape index (κ3) is 3.80. The van der Waals surface area contributed by atoms with Gasteiger partial charge in [0.15, 0.2) is 0 Å². The normalized spacial score (nSPS) is 11.2. The predicted molar refractivity (Wildman–Crippen MR) is 61.5 cm³/mol. The van der Waals surface area contributed by atoms with Gasteiger partial charge in [0.2, 0.25) is 6.33 Å². The fraction of sp³-hybridized carbons (Fsp3) is 0.727. The molecule has 98 valence electrons. The number of amides is 1. The van der Waals surface area contributed by atoms with Crippen molar-refractivity contribution in [2.75, 3.05) is 5.01 Å². The van der Waals surface area contributed by atoms with E-state index in [0.717, 1.165) is 0 Å². The lowest BCUT2D eigenvalue weighted by atomic mass is 10.1. The van der Waals surface area contributed by atoms with Crippen molar-refractivity contribution >= 4 is 5.91 Å². The first-order valence-electron chi connectivity index (χ1n) is 5.50. The molecule has 1 aromatic rings. The molecule has 0 aliphatic rings. The summed E-state index contributed by atoms with van der Waals surface area (Å²) in [4.78, 5) is 11.6. The average Bonchev–Trinajstić information content (AvgIpc) is 2.49. The Labute approximate surface area is 113 Å². The number of halogens is 1. The SMILES string of the molecule is CC(=O)N(n1cn[n+](C(C)C)c1)C(C)(C)C.[Br-]. The van der Waals surface area contributed by atoms with E-state index >= 15 is 0 Å². The van der Waals surface area contributed by atoms with Gasteiger partial charge in [-0.25, -0.2) is 0 Å². The number of carbonyl (C=O) groups excluding carboxylic acids is 1. The van der Waals surface area contributed by atoms with Gasteiger partial charge < -0.3 is 17.0 Å². The van der Waals surface area contributed by atoms with E-state index in [-0.39, 0.29) is 34.5 Å². The van der Waals surface area contributed by atoms with Crippen LogP contribution >= 0.6 is 0 Å². The minimum Gasteiger partial charge on any atom is -1.00 e. The number of nitrogens with zero attached hydrogens (tertiary/aromatic N) is 4. The number of rotatable bonds is 2. The number of hydrogen-bond donors (Lipinski definition) is 0. The monoisotopic (exact) mass is 304 g/mol. The lowest BCUT2D eigenvalue weighted by Crippen LogP contribution is -3.00. The van der Waals surface area contributed by atoms with E-state index in [2.05, 4.69) is 5.10 Å². The van der Waals surface area contributed by atoms with Crippen LogP contribution in [0.15, 0.2) is 12.7 Å². The zero-order valence-corrected chi connectivity index (χ0v) is 12.9. The maximum Gasteiger partial charge on any atom is 0.290 e. The van der Waals surface area contributed by atoms with Crippen molar-refractivity contribution in [1.29, 1.82) is 0 Å². The lowest BCUT2D eigenvalue weighted by Gasteiger charge is -2.29. The lowest BCUT2D eigenvalue weighted by molar-refractivity contribution is -0.769. The molecule has 0 aromatic carbocycles. The second kappa shape index (κ2) is 5.62. The Morgan fingerprint density at radius 1 is 1.41 bits per heavy atom. The molecule has 0 saturated carbocycles. The third-order valence-corrected chi connectivity index (χ3v) is 2.23. The van der Waals surface area contributed by atoms with Crippen LogP contribution in [-0.2, 0) is 4.79 Å². The smallest absolute Gasteiger partial charge is 0.290 e. The van der Waals surface area contributed by atoms with Gasteiger partial charge in [0.25, 0.3) is 12.2 Å². The summed E-state index contributed by atoms with van der Waals surface area (Å²) in [5.74, 6) is 0.000746. The van der Waals surface area contributed by atoms with Gasteiger partial charge in [-0.2, -0.15) is 5.01 Å². The average molecular weight is 305 g/mol. The molecule has 1 amide bonds. The molecule has 1 rings (SSSR count). The second-order valence-corrected chi connectivity index (χ2v) is 5.20. The van der Waals surface area contributed by atoms with Crippen molar-refractivity contribution in [3.05, 3.63) is 12.7 Å². The van der Waals surface area contributed by atoms with Crippen LogP contribution in [0.5, 0.6) is 0 Å². The molecule has 17 heavy (non-hydrogen) atoms. The van der Waals surface area contributed by atoms with Gasteiger partial charge in [0, 0.05) is 6.92 Å². The molecule has 6 heteroatoms. The van der Waals surface area contributed by atoms with E-state index in [4.69, 9.17) is 0 Å². The van der Waals surface area contributed by atoms with Gasteiger partial charge in [0.1, 0.15) is 6.04 Å². The Bertz CT molecular complexity index is 381. The topological polar surface area (TPSA) is 42.0 Å².